The fourth-order valence-electron chi connectivity index (χ4n) is 2.82. The third-order valence-electron chi connectivity index (χ3n) is 4.10. The summed E-state index contributed by atoms with van der Waals surface area (Å²) in [5, 5.41) is 6.38. The maximum atomic E-state index is 12.6. The molecule has 3 aromatic rings. The first-order valence-corrected chi connectivity index (χ1v) is 7.85. The Hall–Kier alpha value is -2.76. The number of alkyl halides is 3. The van der Waals surface area contributed by atoms with Crippen LogP contribution >= 0.6 is 0 Å². The Morgan fingerprint density at radius 2 is 1.76 bits per heavy atom. The van der Waals surface area contributed by atoms with Crippen LogP contribution in [0.4, 0.5) is 18.9 Å². The van der Waals surface area contributed by atoms with Crippen LogP contribution in [-0.2, 0) is 6.54 Å². The van der Waals surface area contributed by atoms with Crippen LogP contribution in [-0.4, -0.2) is 17.0 Å². The van der Waals surface area contributed by atoms with Crippen molar-refractivity contribution in [3.05, 3.63) is 65.5 Å². The summed E-state index contributed by atoms with van der Waals surface area (Å²) in [5.41, 5.74) is 5.51. The van der Waals surface area contributed by atoms with Crippen molar-refractivity contribution in [1.82, 2.24) is 4.57 Å². The van der Waals surface area contributed by atoms with Gasteiger partial charge in [0.05, 0.1) is 11.9 Å². The Morgan fingerprint density at radius 3 is 2.48 bits per heavy atom. The SMILES string of the molecule is Cc1cc(/C=N\Nc2ccc3ccccc3c2)c(C)n1CC(F)(F)F. The van der Waals surface area contributed by atoms with Crippen molar-refractivity contribution in [3.63, 3.8) is 0 Å². The van der Waals surface area contributed by atoms with Crippen LogP contribution < -0.4 is 5.43 Å². The minimum atomic E-state index is -4.24. The van der Waals surface area contributed by atoms with Gasteiger partial charge < -0.3 is 4.57 Å². The Kier molecular flexibility index (Phi) is 4.53. The molecule has 0 aliphatic carbocycles. The van der Waals surface area contributed by atoms with E-state index in [1.54, 1.807) is 26.1 Å². The van der Waals surface area contributed by atoms with Gasteiger partial charge in [-0.15, -0.1) is 0 Å². The normalized spacial score (nSPS) is 12.2. The highest BCUT2D eigenvalue weighted by molar-refractivity contribution is 5.86. The standard InChI is InChI=1S/C19H18F3N3/c1-13-9-17(14(2)25(13)12-19(20,21)22)11-23-24-18-8-7-15-5-3-4-6-16(15)10-18/h3-11,24H,12H2,1-2H3/b23-11-. The monoisotopic (exact) mass is 345 g/mol. The van der Waals surface area contributed by atoms with E-state index in [1.807, 2.05) is 42.5 Å². The number of aryl methyl sites for hydroxylation is 1. The van der Waals surface area contributed by atoms with Gasteiger partial charge in [-0.2, -0.15) is 18.3 Å². The van der Waals surface area contributed by atoms with Gasteiger partial charge in [0.2, 0.25) is 0 Å². The number of benzene rings is 2. The molecule has 0 bridgehead atoms. The average molecular weight is 345 g/mol. The van der Waals surface area contributed by atoms with Gasteiger partial charge in [-0.3, -0.25) is 5.43 Å². The van der Waals surface area contributed by atoms with E-state index < -0.39 is 12.7 Å². The molecule has 0 saturated carbocycles. The highest BCUT2D eigenvalue weighted by Gasteiger charge is 2.29. The molecule has 0 fully saturated rings. The number of hydrogen-bond donors (Lipinski definition) is 1. The van der Waals surface area contributed by atoms with Crippen LogP contribution in [0.1, 0.15) is 17.0 Å². The summed E-state index contributed by atoms with van der Waals surface area (Å²) in [6.07, 6.45) is -2.70. The van der Waals surface area contributed by atoms with E-state index >= 15 is 0 Å². The summed E-state index contributed by atoms with van der Waals surface area (Å²) in [7, 11) is 0. The van der Waals surface area contributed by atoms with E-state index in [9.17, 15) is 13.2 Å². The first-order chi connectivity index (χ1) is 11.8. The van der Waals surface area contributed by atoms with Gasteiger partial charge in [-0.05, 0) is 42.8 Å². The molecule has 0 aliphatic heterocycles. The molecule has 1 N–H and O–H groups in total. The molecule has 0 unspecified atom stereocenters. The van der Waals surface area contributed by atoms with Gasteiger partial charge >= 0.3 is 6.18 Å². The van der Waals surface area contributed by atoms with Gasteiger partial charge in [0.1, 0.15) is 6.54 Å². The number of aromatic nitrogens is 1. The zero-order valence-electron chi connectivity index (χ0n) is 13.9. The van der Waals surface area contributed by atoms with Gasteiger partial charge in [0, 0.05) is 17.0 Å². The Bertz CT molecular complexity index is 923. The third-order valence-corrected chi connectivity index (χ3v) is 4.10. The number of hydrazone groups is 1. The number of halogens is 3. The summed E-state index contributed by atoms with van der Waals surface area (Å²) >= 11 is 0. The lowest BCUT2D eigenvalue weighted by Gasteiger charge is -2.12. The molecular formula is C19H18F3N3. The highest BCUT2D eigenvalue weighted by atomic mass is 19.4. The van der Waals surface area contributed by atoms with E-state index in [1.165, 1.54) is 4.57 Å². The predicted molar refractivity (Wildman–Crippen MR) is 95.1 cm³/mol. The van der Waals surface area contributed by atoms with Crippen LogP contribution in [0.25, 0.3) is 10.8 Å². The molecule has 3 nitrogen and oxygen atoms in total. The van der Waals surface area contributed by atoms with Crippen LogP contribution in [0, 0.1) is 13.8 Å². The van der Waals surface area contributed by atoms with Crippen molar-refractivity contribution in [2.45, 2.75) is 26.6 Å². The minimum Gasteiger partial charge on any atom is -0.339 e. The zero-order valence-corrected chi connectivity index (χ0v) is 13.9. The molecule has 0 atom stereocenters. The summed E-state index contributed by atoms with van der Waals surface area (Å²) in [4.78, 5) is 0. The number of fused-ring (bicyclic) bond motifs is 1. The molecular weight excluding hydrogens is 327 g/mol. The molecule has 0 saturated heterocycles. The number of hydrogen-bond acceptors (Lipinski definition) is 2. The summed E-state index contributed by atoms with van der Waals surface area (Å²) in [6, 6.07) is 15.5. The third kappa shape index (κ3) is 4.02. The molecule has 0 radical (unpaired) electrons. The maximum Gasteiger partial charge on any atom is 0.406 e. The van der Waals surface area contributed by atoms with Crippen molar-refractivity contribution >= 4 is 22.7 Å². The molecule has 130 valence electrons. The number of anilines is 1. The molecule has 0 aliphatic rings. The average Bonchev–Trinajstić information content (AvgIpc) is 2.81. The molecule has 1 aromatic heterocycles. The number of nitrogens with zero attached hydrogens (tertiary/aromatic N) is 2. The summed E-state index contributed by atoms with van der Waals surface area (Å²) < 4.78 is 39.2. The Morgan fingerprint density at radius 1 is 1.04 bits per heavy atom. The van der Waals surface area contributed by atoms with Crippen molar-refractivity contribution in [3.8, 4) is 0 Å². The second-order valence-corrected chi connectivity index (χ2v) is 5.96. The van der Waals surface area contributed by atoms with Crippen molar-refractivity contribution in [2.24, 2.45) is 5.10 Å². The fraction of sp³-hybridized carbons (Fsp3) is 0.211. The highest BCUT2D eigenvalue weighted by Crippen LogP contribution is 2.23. The lowest BCUT2D eigenvalue weighted by molar-refractivity contribution is -0.141. The van der Waals surface area contributed by atoms with Gasteiger partial charge in [0.15, 0.2) is 0 Å². The van der Waals surface area contributed by atoms with E-state index in [2.05, 4.69) is 10.5 Å². The number of rotatable bonds is 4. The lowest BCUT2D eigenvalue weighted by atomic mass is 10.1. The Balaban J connectivity index is 1.76. The molecule has 2 aromatic carbocycles. The zero-order chi connectivity index (χ0) is 18.0. The van der Waals surface area contributed by atoms with Gasteiger partial charge in [0.25, 0.3) is 0 Å². The van der Waals surface area contributed by atoms with Crippen molar-refractivity contribution in [2.75, 3.05) is 5.43 Å². The molecule has 0 spiro atoms. The smallest absolute Gasteiger partial charge is 0.339 e. The van der Waals surface area contributed by atoms with Gasteiger partial charge in [-0.25, -0.2) is 0 Å². The second kappa shape index (κ2) is 6.63. The van der Waals surface area contributed by atoms with E-state index in [4.69, 9.17) is 0 Å². The fourth-order valence-corrected chi connectivity index (χ4v) is 2.82. The van der Waals surface area contributed by atoms with E-state index in [0.717, 1.165) is 16.5 Å². The quantitative estimate of drug-likeness (QED) is 0.507. The van der Waals surface area contributed by atoms with E-state index in [-0.39, 0.29) is 0 Å². The van der Waals surface area contributed by atoms with Gasteiger partial charge in [-0.1, -0.05) is 30.3 Å². The van der Waals surface area contributed by atoms with Crippen LogP contribution in [0.3, 0.4) is 0 Å². The maximum absolute atomic E-state index is 12.6. The second-order valence-electron chi connectivity index (χ2n) is 5.96. The summed E-state index contributed by atoms with van der Waals surface area (Å²) in [6.45, 7) is 2.33. The molecule has 0 amide bonds. The van der Waals surface area contributed by atoms with Crippen LogP contribution in [0.5, 0.6) is 0 Å². The topological polar surface area (TPSA) is 29.3 Å². The predicted octanol–water partition coefficient (Wildman–Crippen LogP) is 5.27. The van der Waals surface area contributed by atoms with E-state index in [0.29, 0.717) is 17.0 Å². The van der Waals surface area contributed by atoms with Crippen LogP contribution in [0.2, 0.25) is 0 Å². The largest absolute Gasteiger partial charge is 0.406 e. The summed E-state index contributed by atoms with van der Waals surface area (Å²) in [5.74, 6) is 0. The van der Waals surface area contributed by atoms with Crippen LogP contribution in [0.15, 0.2) is 53.6 Å². The molecule has 25 heavy (non-hydrogen) atoms. The van der Waals surface area contributed by atoms with Crippen molar-refractivity contribution in [1.29, 1.82) is 0 Å². The minimum absolute atomic E-state index is 0.541. The molecule has 6 heteroatoms. The van der Waals surface area contributed by atoms with Crippen molar-refractivity contribution < 1.29 is 13.2 Å². The Labute approximate surface area is 143 Å². The lowest BCUT2D eigenvalue weighted by Crippen LogP contribution is -2.19. The molecule has 1 heterocycles. The first-order valence-electron chi connectivity index (χ1n) is 7.85. The number of nitrogens with one attached hydrogen (secondary N) is 1. The first kappa shape index (κ1) is 17.1. The molecule has 3 rings (SSSR count).